The molecule has 1 aromatic carbocycles. The standard InChI is InChI=1S/C32H39N3O4S/c1-18-15-19(2)33-30(36)25(18)16-35-13-11-24-26(31(35)37)20(3)28-29(27(24)21-12-14-40-17-21)39-32(4,38-28)22-7-9-23(10-8-22)34(5)6/h12,14-15,17,22-23H,7-11,13,16H2,1-6H3,(H,33,36). The summed E-state index contributed by atoms with van der Waals surface area (Å²) in [6, 6.07) is 4.65. The van der Waals surface area contributed by atoms with E-state index >= 15 is 0 Å². The fourth-order valence-electron chi connectivity index (χ4n) is 6.99. The van der Waals surface area contributed by atoms with E-state index in [0.29, 0.717) is 35.9 Å². The van der Waals surface area contributed by atoms with Gasteiger partial charge in [-0.3, -0.25) is 9.59 Å². The first-order valence-electron chi connectivity index (χ1n) is 14.3. The normalized spacial score (nSPS) is 24.1. The van der Waals surface area contributed by atoms with Crippen LogP contribution in [0.3, 0.4) is 0 Å². The largest absolute Gasteiger partial charge is 0.448 e. The van der Waals surface area contributed by atoms with Gasteiger partial charge in [-0.25, -0.2) is 0 Å². The maximum atomic E-state index is 14.1. The van der Waals surface area contributed by atoms with Crippen LogP contribution in [-0.2, 0) is 13.0 Å². The van der Waals surface area contributed by atoms with Gasteiger partial charge in [0.15, 0.2) is 11.5 Å². The number of thiophene rings is 1. The molecule has 7 nitrogen and oxygen atoms in total. The Morgan fingerprint density at radius 1 is 1.07 bits per heavy atom. The summed E-state index contributed by atoms with van der Waals surface area (Å²) in [5, 5.41) is 4.19. The van der Waals surface area contributed by atoms with Crippen molar-refractivity contribution in [3.8, 4) is 22.6 Å². The van der Waals surface area contributed by atoms with E-state index in [0.717, 1.165) is 64.9 Å². The van der Waals surface area contributed by atoms with E-state index in [9.17, 15) is 9.59 Å². The third-order valence-electron chi connectivity index (χ3n) is 9.32. The Labute approximate surface area is 240 Å². The van der Waals surface area contributed by atoms with Crippen LogP contribution in [0.25, 0.3) is 11.1 Å². The van der Waals surface area contributed by atoms with E-state index in [-0.39, 0.29) is 23.9 Å². The molecule has 1 saturated carbocycles. The van der Waals surface area contributed by atoms with Gasteiger partial charge in [-0.05, 0) is 107 Å². The Morgan fingerprint density at radius 2 is 1.80 bits per heavy atom. The third-order valence-corrected chi connectivity index (χ3v) is 10.00. The van der Waals surface area contributed by atoms with Gasteiger partial charge in [0.1, 0.15) is 0 Å². The van der Waals surface area contributed by atoms with Crippen LogP contribution in [0.1, 0.15) is 70.9 Å². The summed E-state index contributed by atoms with van der Waals surface area (Å²) in [5.41, 5.74) is 6.83. The van der Waals surface area contributed by atoms with Crippen LogP contribution in [0.2, 0.25) is 0 Å². The number of ether oxygens (including phenoxy) is 2. The number of pyridine rings is 1. The number of rotatable bonds is 5. The van der Waals surface area contributed by atoms with Crippen molar-refractivity contribution in [3.63, 3.8) is 0 Å². The minimum absolute atomic E-state index is 0.0545. The van der Waals surface area contributed by atoms with Gasteiger partial charge < -0.3 is 24.3 Å². The van der Waals surface area contributed by atoms with Crippen LogP contribution in [0, 0.1) is 26.7 Å². The van der Waals surface area contributed by atoms with Gasteiger partial charge in [-0.15, -0.1) is 0 Å². The highest BCUT2D eigenvalue weighted by Gasteiger charge is 2.49. The number of aryl methyl sites for hydroxylation is 2. The molecule has 0 bridgehead atoms. The van der Waals surface area contributed by atoms with Gasteiger partial charge in [-0.2, -0.15) is 11.3 Å². The Balaban J connectivity index is 1.38. The molecule has 1 atom stereocenters. The molecule has 1 amide bonds. The topological polar surface area (TPSA) is 74.9 Å². The second kappa shape index (κ2) is 10.1. The molecule has 1 aliphatic carbocycles. The summed E-state index contributed by atoms with van der Waals surface area (Å²) in [4.78, 5) is 33.9. The molecule has 2 aliphatic heterocycles. The molecule has 0 saturated heterocycles. The number of H-pyrrole nitrogens is 1. The number of aromatic amines is 1. The Morgan fingerprint density at radius 3 is 2.45 bits per heavy atom. The highest BCUT2D eigenvalue weighted by molar-refractivity contribution is 7.08. The maximum absolute atomic E-state index is 14.1. The predicted octanol–water partition coefficient (Wildman–Crippen LogP) is 5.83. The summed E-state index contributed by atoms with van der Waals surface area (Å²) >= 11 is 1.64. The molecule has 40 heavy (non-hydrogen) atoms. The summed E-state index contributed by atoms with van der Waals surface area (Å²) in [6.45, 7) is 8.70. The number of nitrogens with one attached hydrogen (secondary N) is 1. The van der Waals surface area contributed by atoms with Gasteiger partial charge >= 0.3 is 0 Å². The molecule has 1 unspecified atom stereocenters. The number of benzene rings is 1. The van der Waals surface area contributed by atoms with Gasteiger partial charge in [0.2, 0.25) is 0 Å². The molecule has 1 N–H and O–H groups in total. The number of carbonyl (C=O) groups is 1. The Hall–Kier alpha value is -3.10. The zero-order chi connectivity index (χ0) is 28.3. The number of nitrogens with zero attached hydrogens (tertiary/aromatic N) is 2. The lowest BCUT2D eigenvalue weighted by molar-refractivity contribution is -0.123. The molecular weight excluding hydrogens is 522 g/mol. The molecular formula is C32H39N3O4S. The molecule has 0 radical (unpaired) electrons. The smallest absolute Gasteiger partial charge is 0.254 e. The number of amides is 1. The van der Waals surface area contributed by atoms with Crippen LogP contribution < -0.4 is 15.0 Å². The molecule has 3 aliphatic rings. The van der Waals surface area contributed by atoms with Crippen molar-refractivity contribution in [2.24, 2.45) is 5.92 Å². The first-order chi connectivity index (χ1) is 19.1. The minimum Gasteiger partial charge on any atom is -0.448 e. The summed E-state index contributed by atoms with van der Waals surface area (Å²) in [5.74, 6) is 0.914. The predicted molar refractivity (Wildman–Crippen MR) is 159 cm³/mol. The number of aromatic nitrogens is 1. The summed E-state index contributed by atoms with van der Waals surface area (Å²) in [7, 11) is 4.31. The van der Waals surface area contributed by atoms with Crippen molar-refractivity contribution in [1.29, 1.82) is 0 Å². The van der Waals surface area contributed by atoms with E-state index in [1.165, 1.54) is 0 Å². The van der Waals surface area contributed by atoms with Crippen LogP contribution in [0.5, 0.6) is 11.5 Å². The molecule has 1 fully saturated rings. The monoisotopic (exact) mass is 561 g/mol. The molecule has 212 valence electrons. The lowest BCUT2D eigenvalue weighted by Gasteiger charge is -2.39. The van der Waals surface area contributed by atoms with Gasteiger partial charge in [0.25, 0.3) is 17.3 Å². The van der Waals surface area contributed by atoms with E-state index in [2.05, 4.69) is 47.7 Å². The minimum atomic E-state index is -0.770. The van der Waals surface area contributed by atoms with E-state index in [1.807, 2.05) is 31.7 Å². The average molecular weight is 562 g/mol. The maximum Gasteiger partial charge on any atom is 0.254 e. The lowest BCUT2D eigenvalue weighted by atomic mass is 9.81. The first-order valence-corrected chi connectivity index (χ1v) is 15.3. The van der Waals surface area contributed by atoms with Gasteiger partial charge in [-0.1, -0.05) is 0 Å². The SMILES string of the molecule is Cc1cc(C)c(CN2CCc3c(c(C)c4c(c3-c3ccsc3)OC(C)(C3CCC(N(C)C)CC3)O4)C2=O)c(=O)[nH]1. The first kappa shape index (κ1) is 27.1. The molecule has 3 aromatic rings. The van der Waals surface area contributed by atoms with Crippen molar-refractivity contribution in [2.75, 3.05) is 20.6 Å². The average Bonchev–Trinajstić information content (AvgIpc) is 3.56. The molecule has 0 spiro atoms. The van der Waals surface area contributed by atoms with Crippen molar-refractivity contribution in [2.45, 2.75) is 78.2 Å². The molecule has 4 heterocycles. The van der Waals surface area contributed by atoms with E-state index in [1.54, 1.807) is 11.3 Å². The summed E-state index contributed by atoms with van der Waals surface area (Å²) < 4.78 is 13.6. The van der Waals surface area contributed by atoms with Crippen LogP contribution in [-0.4, -0.2) is 53.2 Å². The second-order valence-corrected chi connectivity index (χ2v) is 12.9. The zero-order valence-electron chi connectivity index (χ0n) is 24.3. The fraction of sp³-hybridized carbons (Fsp3) is 0.500. The van der Waals surface area contributed by atoms with Crippen LogP contribution >= 0.6 is 11.3 Å². The lowest BCUT2D eigenvalue weighted by Crippen LogP contribution is -2.46. The fourth-order valence-corrected chi connectivity index (χ4v) is 7.64. The molecule has 2 aromatic heterocycles. The number of hydrogen-bond acceptors (Lipinski definition) is 6. The number of hydrogen-bond donors (Lipinski definition) is 1. The summed E-state index contributed by atoms with van der Waals surface area (Å²) in [6.07, 6.45) is 5.01. The number of fused-ring (bicyclic) bond motifs is 2. The van der Waals surface area contributed by atoms with Gasteiger partial charge in [0.05, 0.1) is 12.1 Å². The third kappa shape index (κ3) is 4.45. The van der Waals surface area contributed by atoms with Crippen molar-refractivity contribution in [3.05, 3.63) is 66.8 Å². The molecule has 8 heteroatoms. The second-order valence-electron chi connectivity index (χ2n) is 12.1. The zero-order valence-corrected chi connectivity index (χ0v) is 25.2. The highest BCUT2D eigenvalue weighted by atomic mass is 32.1. The Kier molecular flexibility index (Phi) is 6.82. The van der Waals surface area contributed by atoms with Crippen LogP contribution in [0.15, 0.2) is 27.7 Å². The van der Waals surface area contributed by atoms with Gasteiger partial charge in [0, 0.05) is 47.8 Å². The highest BCUT2D eigenvalue weighted by Crippen LogP contribution is 2.55. The Bertz CT molecular complexity index is 1520. The van der Waals surface area contributed by atoms with Crippen molar-refractivity contribution >= 4 is 17.2 Å². The quantitative estimate of drug-likeness (QED) is 0.424. The van der Waals surface area contributed by atoms with E-state index < -0.39 is 5.79 Å². The van der Waals surface area contributed by atoms with Crippen LogP contribution in [0.4, 0.5) is 0 Å². The van der Waals surface area contributed by atoms with Crippen molar-refractivity contribution < 1.29 is 14.3 Å². The number of carbonyl (C=O) groups excluding carboxylic acids is 1. The van der Waals surface area contributed by atoms with Crippen molar-refractivity contribution in [1.82, 2.24) is 14.8 Å². The molecule has 6 rings (SSSR count). The van der Waals surface area contributed by atoms with E-state index in [4.69, 9.17) is 9.47 Å².